The van der Waals surface area contributed by atoms with Gasteiger partial charge in [-0.25, -0.2) is 0 Å². The summed E-state index contributed by atoms with van der Waals surface area (Å²) in [5.74, 6) is 0. The molecule has 0 unspecified atom stereocenters. The van der Waals surface area contributed by atoms with Crippen molar-refractivity contribution in [2.45, 2.75) is 26.2 Å². The van der Waals surface area contributed by atoms with Crippen LogP contribution < -0.4 is 5.32 Å². The molecule has 0 radical (unpaired) electrons. The Morgan fingerprint density at radius 2 is 2.27 bits per heavy atom. The molecule has 0 heterocycles. The number of hydrogen-bond donors (Lipinski definition) is 1. The summed E-state index contributed by atoms with van der Waals surface area (Å²) in [7, 11) is 2.19. The van der Waals surface area contributed by atoms with Crippen molar-refractivity contribution in [1.29, 1.82) is 0 Å². The molecule has 86 valence electrons. The van der Waals surface area contributed by atoms with Gasteiger partial charge in [0.05, 0.1) is 0 Å². The maximum Gasteiger partial charge on any atom is 0.0168 e. The van der Waals surface area contributed by atoms with E-state index in [1.807, 2.05) is 0 Å². The lowest BCUT2D eigenvalue weighted by Crippen LogP contribution is -2.30. The molecule has 1 N–H and O–H groups in total. The van der Waals surface area contributed by atoms with Crippen LogP contribution in [0.25, 0.3) is 0 Å². The average molecular weight is 208 g/mol. The fourth-order valence-electron chi connectivity index (χ4n) is 1.81. The highest BCUT2D eigenvalue weighted by Gasteiger charge is 1.99. The zero-order valence-electron chi connectivity index (χ0n) is 10.1. The molecule has 0 saturated carbocycles. The molecule has 0 aromatic heterocycles. The van der Waals surface area contributed by atoms with Crippen molar-refractivity contribution in [3.05, 3.63) is 23.8 Å². The predicted octanol–water partition coefficient (Wildman–Crippen LogP) is 2.19. The summed E-state index contributed by atoms with van der Waals surface area (Å²) in [4.78, 5) is 2.38. The van der Waals surface area contributed by atoms with E-state index in [4.69, 9.17) is 0 Å². The summed E-state index contributed by atoms with van der Waals surface area (Å²) in [5, 5.41) is 3.50. The van der Waals surface area contributed by atoms with E-state index < -0.39 is 0 Å². The molecule has 1 aliphatic rings. The van der Waals surface area contributed by atoms with Crippen LogP contribution in [0.5, 0.6) is 0 Å². The maximum absolute atomic E-state index is 3.50. The second kappa shape index (κ2) is 7.66. The zero-order valence-corrected chi connectivity index (χ0v) is 10.1. The lowest BCUT2D eigenvalue weighted by Gasteiger charge is -2.16. The minimum atomic E-state index is 1.06. The first-order chi connectivity index (χ1) is 7.33. The monoisotopic (exact) mass is 208 g/mol. The van der Waals surface area contributed by atoms with Gasteiger partial charge < -0.3 is 10.2 Å². The predicted molar refractivity (Wildman–Crippen MR) is 67.1 cm³/mol. The summed E-state index contributed by atoms with van der Waals surface area (Å²) < 4.78 is 0. The molecule has 0 spiro atoms. The Morgan fingerprint density at radius 1 is 1.40 bits per heavy atom. The van der Waals surface area contributed by atoms with Crippen molar-refractivity contribution in [2.75, 3.05) is 33.2 Å². The van der Waals surface area contributed by atoms with E-state index in [0.29, 0.717) is 0 Å². The lowest BCUT2D eigenvalue weighted by atomic mass is 10.1. The molecule has 0 atom stereocenters. The number of rotatable bonds is 7. The highest BCUT2D eigenvalue weighted by Crippen LogP contribution is 2.09. The normalized spacial score (nSPS) is 15.8. The van der Waals surface area contributed by atoms with Gasteiger partial charge in [-0.3, -0.25) is 0 Å². The van der Waals surface area contributed by atoms with E-state index in [2.05, 4.69) is 42.4 Å². The third kappa shape index (κ3) is 5.75. The van der Waals surface area contributed by atoms with Gasteiger partial charge in [-0.05, 0) is 32.9 Å². The minimum Gasteiger partial charge on any atom is -0.312 e. The molecular weight excluding hydrogens is 184 g/mol. The van der Waals surface area contributed by atoms with E-state index in [9.17, 15) is 0 Å². The standard InChI is InChI=1S/C13H24N2/c1-3-10-15(2)11-9-14-12-13-7-5-4-6-8-13/h4-5,7,14H,3,6,8-12H2,1-2H3. The lowest BCUT2D eigenvalue weighted by molar-refractivity contribution is 0.334. The smallest absolute Gasteiger partial charge is 0.0168 e. The van der Waals surface area contributed by atoms with Crippen molar-refractivity contribution in [1.82, 2.24) is 10.2 Å². The summed E-state index contributed by atoms with van der Waals surface area (Å²) in [6.07, 6.45) is 10.3. The van der Waals surface area contributed by atoms with Crippen LogP contribution in [0.15, 0.2) is 23.8 Å². The first kappa shape index (κ1) is 12.5. The molecule has 0 aromatic carbocycles. The second-order valence-corrected chi connectivity index (χ2v) is 4.27. The summed E-state index contributed by atoms with van der Waals surface area (Å²) in [5.41, 5.74) is 1.54. The van der Waals surface area contributed by atoms with Gasteiger partial charge in [0.15, 0.2) is 0 Å². The van der Waals surface area contributed by atoms with Crippen LogP contribution in [0.4, 0.5) is 0 Å². The molecule has 0 bridgehead atoms. The Kier molecular flexibility index (Phi) is 6.37. The molecule has 0 fully saturated rings. The maximum atomic E-state index is 3.50. The van der Waals surface area contributed by atoms with E-state index in [1.165, 1.54) is 31.4 Å². The van der Waals surface area contributed by atoms with Crippen molar-refractivity contribution in [3.63, 3.8) is 0 Å². The SMILES string of the molecule is CCCN(C)CCNCC1=CC=CCC1. The molecule has 0 aliphatic heterocycles. The van der Waals surface area contributed by atoms with Gasteiger partial charge in [-0.15, -0.1) is 0 Å². The quantitative estimate of drug-likeness (QED) is 0.645. The van der Waals surface area contributed by atoms with Gasteiger partial charge in [0.1, 0.15) is 0 Å². The van der Waals surface area contributed by atoms with E-state index in [1.54, 1.807) is 0 Å². The van der Waals surface area contributed by atoms with Crippen LogP contribution in [0, 0.1) is 0 Å². The second-order valence-electron chi connectivity index (χ2n) is 4.27. The van der Waals surface area contributed by atoms with E-state index in [-0.39, 0.29) is 0 Å². The average Bonchev–Trinajstić information content (AvgIpc) is 2.26. The van der Waals surface area contributed by atoms with Gasteiger partial charge in [0.2, 0.25) is 0 Å². The molecular formula is C13H24N2. The highest BCUT2D eigenvalue weighted by molar-refractivity contribution is 5.18. The fourth-order valence-corrected chi connectivity index (χ4v) is 1.81. The first-order valence-corrected chi connectivity index (χ1v) is 6.06. The number of nitrogens with one attached hydrogen (secondary N) is 1. The van der Waals surface area contributed by atoms with Crippen LogP contribution in [0.2, 0.25) is 0 Å². The number of allylic oxidation sites excluding steroid dienone is 3. The third-order valence-electron chi connectivity index (χ3n) is 2.73. The van der Waals surface area contributed by atoms with Crippen LogP contribution in [0.3, 0.4) is 0 Å². The molecule has 0 saturated heterocycles. The Morgan fingerprint density at radius 3 is 2.93 bits per heavy atom. The number of likely N-dealkylation sites (N-methyl/N-ethyl adjacent to an activating group) is 1. The van der Waals surface area contributed by atoms with Crippen molar-refractivity contribution < 1.29 is 0 Å². The van der Waals surface area contributed by atoms with Crippen molar-refractivity contribution >= 4 is 0 Å². The summed E-state index contributed by atoms with van der Waals surface area (Å²) in [6, 6.07) is 0. The van der Waals surface area contributed by atoms with Crippen LogP contribution in [0.1, 0.15) is 26.2 Å². The van der Waals surface area contributed by atoms with Gasteiger partial charge in [-0.2, -0.15) is 0 Å². The summed E-state index contributed by atoms with van der Waals surface area (Å²) in [6.45, 7) is 6.73. The molecule has 2 nitrogen and oxygen atoms in total. The van der Waals surface area contributed by atoms with E-state index >= 15 is 0 Å². The number of nitrogens with zero attached hydrogens (tertiary/aromatic N) is 1. The zero-order chi connectivity index (χ0) is 10.9. The number of hydrogen-bond acceptors (Lipinski definition) is 2. The minimum absolute atomic E-state index is 1.06. The molecule has 0 aromatic rings. The Labute approximate surface area is 94.0 Å². The molecule has 0 amide bonds. The third-order valence-corrected chi connectivity index (χ3v) is 2.73. The van der Waals surface area contributed by atoms with Gasteiger partial charge in [0, 0.05) is 19.6 Å². The Bertz CT molecular complexity index is 219. The first-order valence-electron chi connectivity index (χ1n) is 6.06. The van der Waals surface area contributed by atoms with Gasteiger partial charge >= 0.3 is 0 Å². The van der Waals surface area contributed by atoms with Gasteiger partial charge in [0.25, 0.3) is 0 Å². The fraction of sp³-hybridized carbons (Fsp3) is 0.692. The highest BCUT2D eigenvalue weighted by atomic mass is 15.1. The van der Waals surface area contributed by atoms with Crippen LogP contribution in [-0.2, 0) is 0 Å². The molecule has 15 heavy (non-hydrogen) atoms. The van der Waals surface area contributed by atoms with Gasteiger partial charge in [-0.1, -0.05) is 30.7 Å². The Balaban J connectivity index is 2.01. The van der Waals surface area contributed by atoms with Crippen LogP contribution in [-0.4, -0.2) is 38.1 Å². The van der Waals surface area contributed by atoms with Crippen LogP contribution >= 0.6 is 0 Å². The van der Waals surface area contributed by atoms with E-state index in [0.717, 1.165) is 19.6 Å². The van der Waals surface area contributed by atoms with Crippen molar-refractivity contribution in [2.24, 2.45) is 0 Å². The molecule has 2 heteroatoms. The molecule has 1 rings (SSSR count). The summed E-state index contributed by atoms with van der Waals surface area (Å²) >= 11 is 0. The largest absolute Gasteiger partial charge is 0.312 e. The topological polar surface area (TPSA) is 15.3 Å². The molecule has 1 aliphatic carbocycles. The van der Waals surface area contributed by atoms with Crippen molar-refractivity contribution in [3.8, 4) is 0 Å². The Hall–Kier alpha value is -0.600.